The fraction of sp³-hybridized carbons (Fsp3) is 0.429. The number of amides is 1. The van der Waals surface area contributed by atoms with Crippen molar-refractivity contribution in [3.63, 3.8) is 0 Å². The Morgan fingerprint density at radius 3 is 2.67 bits per heavy atom. The number of carbonyl (C=O) groups excluding carboxylic acids is 1. The van der Waals surface area contributed by atoms with Gasteiger partial charge in [-0.1, -0.05) is 23.7 Å². The molecule has 2 N–H and O–H groups in total. The predicted molar refractivity (Wildman–Crippen MR) is 89.4 cm³/mol. The zero-order valence-electron chi connectivity index (χ0n) is 11.7. The van der Waals surface area contributed by atoms with Crippen LogP contribution in [0.4, 0.5) is 0 Å². The van der Waals surface area contributed by atoms with Gasteiger partial charge in [-0.25, -0.2) is 4.79 Å². The number of rotatable bonds is 9. The number of nitrogens with one attached hydrogen (secondary N) is 1. The summed E-state index contributed by atoms with van der Waals surface area (Å²) in [5.41, 5.74) is 0. The van der Waals surface area contributed by atoms with Crippen molar-refractivity contribution in [3.8, 4) is 0 Å². The van der Waals surface area contributed by atoms with Crippen LogP contribution < -0.4 is 5.32 Å². The van der Waals surface area contributed by atoms with E-state index in [2.05, 4.69) is 5.32 Å². The normalized spacial score (nSPS) is 11.9. The van der Waals surface area contributed by atoms with Crippen molar-refractivity contribution in [3.05, 3.63) is 29.3 Å². The molecule has 0 heterocycles. The Bertz CT molecular complexity index is 485. The molecule has 1 unspecified atom stereocenters. The Kier molecular flexibility index (Phi) is 8.64. The topological polar surface area (TPSA) is 66.4 Å². The Balaban J connectivity index is 2.36. The Morgan fingerprint density at radius 2 is 2.05 bits per heavy atom. The number of halogens is 1. The van der Waals surface area contributed by atoms with E-state index in [0.717, 1.165) is 4.90 Å². The van der Waals surface area contributed by atoms with E-state index < -0.39 is 12.0 Å². The van der Waals surface area contributed by atoms with Crippen LogP contribution in [0, 0.1) is 0 Å². The van der Waals surface area contributed by atoms with Gasteiger partial charge in [0.1, 0.15) is 6.04 Å². The summed E-state index contributed by atoms with van der Waals surface area (Å²) in [5, 5.41) is 12.3. The Morgan fingerprint density at radius 1 is 1.33 bits per heavy atom. The summed E-state index contributed by atoms with van der Waals surface area (Å²) in [4.78, 5) is 23.7. The molecule has 4 nitrogen and oxygen atoms in total. The number of carbonyl (C=O) groups is 2. The third-order valence-corrected chi connectivity index (χ3v) is 4.83. The van der Waals surface area contributed by atoms with Crippen LogP contribution in [0.25, 0.3) is 0 Å². The van der Waals surface area contributed by atoms with Gasteiger partial charge in [-0.05, 0) is 30.6 Å². The average Bonchev–Trinajstić information content (AvgIpc) is 2.45. The van der Waals surface area contributed by atoms with Gasteiger partial charge in [-0.15, -0.1) is 11.8 Å². The minimum atomic E-state index is -0.990. The summed E-state index contributed by atoms with van der Waals surface area (Å²) < 4.78 is 0. The molecular weight excluding hydrogens is 330 g/mol. The molecule has 1 rings (SSSR count). The van der Waals surface area contributed by atoms with Crippen molar-refractivity contribution in [1.29, 1.82) is 0 Å². The number of hydrogen-bond donors (Lipinski definition) is 2. The summed E-state index contributed by atoms with van der Waals surface area (Å²) in [5.74, 6) is 0.0231. The maximum atomic E-state index is 11.8. The highest BCUT2D eigenvalue weighted by Crippen LogP contribution is 2.26. The van der Waals surface area contributed by atoms with E-state index in [-0.39, 0.29) is 12.3 Å². The molecule has 0 bridgehead atoms. The number of aliphatic carboxylic acids is 1. The van der Waals surface area contributed by atoms with Gasteiger partial charge in [0, 0.05) is 17.1 Å². The summed E-state index contributed by atoms with van der Waals surface area (Å²) in [6.45, 7) is 0. The Hall–Kier alpha value is -0.850. The van der Waals surface area contributed by atoms with E-state index in [1.165, 1.54) is 11.8 Å². The molecule has 0 radical (unpaired) electrons. The molecule has 116 valence electrons. The largest absolute Gasteiger partial charge is 0.480 e. The number of hydrogen-bond acceptors (Lipinski definition) is 4. The Labute approximate surface area is 138 Å². The molecule has 1 amide bonds. The van der Waals surface area contributed by atoms with Crippen LogP contribution in [0.3, 0.4) is 0 Å². The number of carboxylic acids is 1. The molecule has 0 aliphatic carbocycles. The molecule has 7 heteroatoms. The third kappa shape index (κ3) is 7.11. The van der Waals surface area contributed by atoms with Gasteiger partial charge < -0.3 is 10.4 Å². The van der Waals surface area contributed by atoms with Gasteiger partial charge in [0.05, 0.1) is 5.02 Å². The van der Waals surface area contributed by atoms with Gasteiger partial charge in [-0.3, -0.25) is 4.79 Å². The van der Waals surface area contributed by atoms with E-state index in [1.54, 1.807) is 17.8 Å². The summed E-state index contributed by atoms with van der Waals surface area (Å²) in [7, 11) is 0. The molecule has 1 atom stereocenters. The van der Waals surface area contributed by atoms with Crippen molar-refractivity contribution < 1.29 is 14.7 Å². The first-order chi connectivity index (χ1) is 10.0. The van der Waals surface area contributed by atoms with E-state index in [1.807, 2.05) is 24.5 Å². The fourth-order valence-electron chi connectivity index (χ4n) is 1.58. The highest BCUT2D eigenvalue weighted by molar-refractivity contribution is 7.99. The summed E-state index contributed by atoms with van der Waals surface area (Å²) in [6.07, 6.45) is 2.60. The zero-order chi connectivity index (χ0) is 15.7. The quantitative estimate of drug-likeness (QED) is 0.672. The van der Waals surface area contributed by atoms with Crippen molar-refractivity contribution in [2.24, 2.45) is 0 Å². The lowest BCUT2D eigenvalue weighted by Crippen LogP contribution is -2.41. The fourth-order valence-corrected chi connectivity index (χ4v) is 3.23. The summed E-state index contributed by atoms with van der Waals surface area (Å²) >= 11 is 9.06. The molecule has 0 aliphatic heterocycles. The molecule has 0 saturated carbocycles. The molecule has 0 saturated heterocycles. The van der Waals surface area contributed by atoms with Crippen molar-refractivity contribution >= 4 is 47.0 Å². The lowest BCUT2D eigenvalue weighted by atomic mass is 10.2. The third-order valence-electron chi connectivity index (χ3n) is 2.67. The van der Waals surface area contributed by atoms with Gasteiger partial charge >= 0.3 is 5.97 Å². The monoisotopic (exact) mass is 347 g/mol. The second kappa shape index (κ2) is 9.97. The predicted octanol–water partition coefficient (Wildman–Crippen LogP) is 3.14. The van der Waals surface area contributed by atoms with E-state index in [4.69, 9.17) is 16.7 Å². The van der Waals surface area contributed by atoms with Crippen molar-refractivity contribution in [2.75, 3.05) is 17.8 Å². The molecule has 1 aromatic rings. The van der Waals surface area contributed by atoms with E-state index >= 15 is 0 Å². The maximum absolute atomic E-state index is 11.8. The van der Waals surface area contributed by atoms with Gasteiger partial charge in [0.25, 0.3) is 0 Å². The first-order valence-corrected chi connectivity index (χ1v) is 9.18. The molecule has 0 fully saturated rings. The van der Waals surface area contributed by atoms with Crippen LogP contribution in [0.5, 0.6) is 0 Å². The highest BCUT2D eigenvalue weighted by atomic mass is 35.5. The van der Waals surface area contributed by atoms with Crippen LogP contribution in [0.1, 0.15) is 12.8 Å². The van der Waals surface area contributed by atoms with Crippen LogP contribution >= 0.6 is 35.1 Å². The van der Waals surface area contributed by atoms with Crippen LogP contribution in [-0.2, 0) is 9.59 Å². The maximum Gasteiger partial charge on any atom is 0.326 e. The van der Waals surface area contributed by atoms with Crippen molar-refractivity contribution in [1.82, 2.24) is 5.32 Å². The molecule has 0 spiro atoms. The standard InChI is InChI=1S/C14H18ClNO3S2/c1-20-8-6-11(14(18)19)16-13(17)7-9-21-12-5-3-2-4-10(12)15/h2-5,11H,6-9H2,1H3,(H,16,17)(H,18,19). The molecule has 0 aromatic heterocycles. The average molecular weight is 348 g/mol. The van der Waals surface area contributed by atoms with Crippen molar-refractivity contribution in [2.45, 2.75) is 23.8 Å². The number of benzene rings is 1. The van der Waals surface area contributed by atoms with Gasteiger partial charge in [0.15, 0.2) is 0 Å². The molecule has 1 aromatic carbocycles. The SMILES string of the molecule is CSCCC(NC(=O)CCSc1ccccc1Cl)C(=O)O. The lowest BCUT2D eigenvalue weighted by molar-refractivity contribution is -0.141. The highest BCUT2D eigenvalue weighted by Gasteiger charge is 2.19. The number of thioether (sulfide) groups is 2. The first kappa shape index (κ1) is 18.2. The second-order valence-corrected chi connectivity index (χ2v) is 6.80. The minimum Gasteiger partial charge on any atom is -0.480 e. The van der Waals surface area contributed by atoms with Crippen LogP contribution in [0.15, 0.2) is 29.2 Å². The molecule has 21 heavy (non-hydrogen) atoms. The summed E-state index contributed by atoms with van der Waals surface area (Å²) in [6, 6.07) is 6.62. The number of carboxylic acid groups (broad SMARTS) is 1. The smallest absolute Gasteiger partial charge is 0.326 e. The zero-order valence-corrected chi connectivity index (χ0v) is 14.1. The molecular formula is C14H18ClNO3S2. The van der Waals surface area contributed by atoms with Crippen LogP contribution in [0.2, 0.25) is 5.02 Å². The first-order valence-electron chi connectivity index (χ1n) is 6.43. The van der Waals surface area contributed by atoms with E-state index in [9.17, 15) is 9.59 Å². The lowest BCUT2D eigenvalue weighted by Gasteiger charge is -2.13. The van der Waals surface area contributed by atoms with Gasteiger partial charge in [0.2, 0.25) is 5.91 Å². The molecule has 0 aliphatic rings. The van der Waals surface area contributed by atoms with Gasteiger partial charge in [-0.2, -0.15) is 11.8 Å². The van der Waals surface area contributed by atoms with Crippen LogP contribution in [-0.4, -0.2) is 40.8 Å². The minimum absolute atomic E-state index is 0.247. The second-order valence-electron chi connectivity index (χ2n) is 4.27. The van der Waals surface area contributed by atoms with E-state index in [0.29, 0.717) is 22.9 Å².